The van der Waals surface area contributed by atoms with Crippen molar-refractivity contribution in [3.63, 3.8) is 0 Å². The van der Waals surface area contributed by atoms with E-state index in [2.05, 4.69) is 4.90 Å². The standard InChI is InChI=1S/C21H22F3NO3S/c1-29(26,27)18-6-4-5-17(15-18)28-14-13-25-11-9-16(10-12-25)19-7-2-3-8-20(19)21(22,23)24/h2-9,15H,10-14H2,1H3. The Kier molecular flexibility index (Phi) is 6.33. The van der Waals surface area contributed by atoms with Gasteiger partial charge in [0, 0.05) is 25.9 Å². The lowest BCUT2D eigenvalue weighted by atomic mass is 9.94. The van der Waals surface area contributed by atoms with Crippen LogP contribution >= 0.6 is 0 Å². The highest BCUT2D eigenvalue weighted by Crippen LogP contribution is 2.36. The fourth-order valence-corrected chi connectivity index (χ4v) is 3.91. The van der Waals surface area contributed by atoms with E-state index in [0.717, 1.165) is 12.3 Å². The van der Waals surface area contributed by atoms with Crippen LogP contribution in [0, 0.1) is 0 Å². The molecule has 29 heavy (non-hydrogen) atoms. The first-order valence-electron chi connectivity index (χ1n) is 9.15. The predicted molar refractivity (Wildman–Crippen MR) is 106 cm³/mol. The highest BCUT2D eigenvalue weighted by molar-refractivity contribution is 7.90. The Balaban J connectivity index is 1.58. The maximum atomic E-state index is 13.2. The lowest BCUT2D eigenvalue weighted by Gasteiger charge is -2.27. The van der Waals surface area contributed by atoms with Gasteiger partial charge in [0.1, 0.15) is 12.4 Å². The summed E-state index contributed by atoms with van der Waals surface area (Å²) in [6.07, 6.45) is -0.876. The zero-order valence-electron chi connectivity index (χ0n) is 15.9. The third-order valence-corrected chi connectivity index (χ3v) is 5.89. The normalized spacial score (nSPS) is 15.8. The molecule has 0 atom stereocenters. The molecule has 8 heteroatoms. The van der Waals surface area contributed by atoms with Crippen LogP contribution in [0.2, 0.25) is 0 Å². The van der Waals surface area contributed by atoms with Crippen LogP contribution < -0.4 is 4.74 Å². The number of hydrogen-bond acceptors (Lipinski definition) is 4. The van der Waals surface area contributed by atoms with Crippen molar-refractivity contribution in [3.8, 4) is 5.75 Å². The third-order valence-electron chi connectivity index (χ3n) is 4.78. The second kappa shape index (κ2) is 8.59. The summed E-state index contributed by atoms with van der Waals surface area (Å²) < 4.78 is 68.5. The summed E-state index contributed by atoms with van der Waals surface area (Å²) in [7, 11) is -3.30. The summed E-state index contributed by atoms with van der Waals surface area (Å²) in [5.74, 6) is 0.472. The quantitative estimate of drug-likeness (QED) is 0.693. The maximum absolute atomic E-state index is 13.2. The van der Waals surface area contributed by atoms with E-state index >= 15 is 0 Å². The Morgan fingerprint density at radius 1 is 1.10 bits per heavy atom. The van der Waals surface area contributed by atoms with Gasteiger partial charge in [-0.15, -0.1) is 0 Å². The summed E-state index contributed by atoms with van der Waals surface area (Å²) >= 11 is 0. The molecule has 0 aliphatic carbocycles. The fourth-order valence-electron chi connectivity index (χ4n) is 3.26. The van der Waals surface area contributed by atoms with Gasteiger partial charge in [-0.1, -0.05) is 30.3 Å². The molecule has 2 aromatic rings. The van der Waals surface area contributed by atoms with Crippen molar-refractivity contribution in [1.82, 2.24) is 4.90 Å². The van der Waals surface area contributed by atoms with Crippen LogP contribution in [-0.4, -0.2) is 45.8 Å². The molecule has 0 bridgehead atoms. The minimum absolute atomic E-state index is 0.198. The molecule has 156 valence electrons. The van der Waals surface area contributed by atoms with E-state index in [9.17, 15) is 21.6 Å². The molecule has 0 spiro atoms. The van der Waals surface area contributed by atoms with Crippen molar-refractivity contribution in [3.05, 3.63) is 65.7 Å². The average molecular weight is 425 g/mol. The number of nitrogens with zero attached hydrogens (tertiary/aromatic N) is 1. The largest absolute Gasteiger partial charge is 0.492 e. The minimum atomic E-state index is -4.37. The molecule has 0 fully saturated rings. The van der Waals surface area contributed by atoms with Crippen molar-refractivity contribution < 1.29 is 26.3 Å². The first kappa shape index (κ1) is 21.4. The van der Waals surface area contributed by atoms with Crippen LogP contribution in [0.3, 0.4) is 0 Å². The van der Waals surface area contributed by atoms with Gasteiger partial charge < -0.3 is 4.74 Å². The molecule has 0 N–H and O–H groups in total. The predicted octanol–water partition coefficient (Wildman–Crippen LogP) is 4.28. The smallest absolute Gasteiger partial charge is 0.416 e. The molecule has 2 aromatic carbocycles. The molecule has 3 rings (SSSR count). The molecule has 1 aliphatic rings. The minimum Gasteiger partial charge on any atom is -0.492 e. The highest BCUT2D eigenvalue weighted by atomic mass is 32.2. The summed E-state index contributed by atoms with van der Waals surface area (Å²) in [6, 6.07) is 12.0. The Morgan fingerprint density at radius 2 is 1.86 bits per heavy atom. The average Bonchev–Trinajstić information content (AvgIpc) is 2.67. The van der Waals surface area contributed by atoms with Gasteiger partial charge in [0.05, 0.1) is 10.5 Å². The fraction of sp³-hybridized carbons (Fsp3) is 0.333. The SMILES string of the molecule is CS(=O)(=O)c1cccc(OCCN2CC=C(c3ccccc3C(F)(F)F)CC2)c1. The van der Waals surface area contributed by atoms with E-state index < -0.39 is 21.6 Å². The molecule has 0 saturated carbocycles. The van der Waals surface area contributed by atoms with Crippen LogP contribution in [0.4, 0.5) is 13.2 Å². The zero-order valence-corrected chi connectivity index (χ0v) is 16.8. The van der Waals surface area contributed by atoms with Crippen molar-refractivity contribution in [2.24, 2.45) is 0 Å². The maximum Gasteiger partial charge on any atom is 0.416 e. The van der Waals surface area contributed by atoms with Crippen molar-refractivity contribution in [2.45, 2.75) is 17.5 Å². The number of sulfone groups is 1. The second-order valence-corrected chi connectivity index (χ2v) is 8.93. The van der Waals surface area contributed by atoms with Crippen LogP contribution in [0.15, 0.2) is 59.5 Å². The Labute approximate surface area is 168 Å². The molecule has 0 amide bonds. The molecule has 4 nitrogen and oxygen atoms in total. The Bertz CT molecular complexity index is 1000. The van der Waals surface area contributed by atoms with Gasteiger partial charge in [-0.2, -0.15) is 13.2 Å². The lowest BCUT2D eigenvalue weighted by Crippen LogP contribution is -2.32. The highest BCUT2D eigenvalue weighted by Gasteiger charge is 2.34. The van der Waals surface area contributed by atoms with Crippen molar-refractivity contribution in [2.75, 3.05) is 32.5 Å². The van der Waals surface area contributed by atoms with E-state index in [-0.39, 0.29) is 10.5 Å². The number of benzene rings is 2. The van der Waals surface area contributed by atoms with E-state index in [1.54, 1.807) is 18.2 Å². The van der Waals surface area contributed by atoms with Gasteiger partial charge in [-0.05, 0) is 41.8 Å². The first-order chi connectivity index (χ1) is 13.6. The van der Waals surface area contributed by atoms with E-state index in [4.69, 9.17) is 4.74 Å². The zero-order chi connectivity index (χ0) is 21.1. The number of halogens is 3. The molecule has 0 aromatic heterocycles. The monoisotopic (exact) mass is 425 g/mol. The molecule has 1 aliphatic heterocycles. The molecule has 1 heterocycles. The third kappa shape index (κ3) is 5.61. The van der Waals surface area contributed by atoms with Crippen molar-refractivity contribution >= 4 is 15.4 Å². The number of hydrogen-bond donors (Lipinski definition) is 0. The topological polar surface area (TPSA) is 46.6 Å². The molecule has 0 unspecified atom stereocenters. The van der Waals surface area contributed by atoms with E-state index in [1.807, 2.05) is 6.08 Å². The number of alkyl halides is 3. The number of ether oxygens (including phenoxy) is 1. The lowest BCUT2D eigenvalue weighted by molar-refractivity contribution is -0.137. The molecule has 0 radical (unpaired) electrons. The van der Waals surface area contributed by atoms with Gasteiger partial charge in [0.15, 0.2) is 9.84 Å². The second-order valence-electron chi connectivity index (χ2n) is 6.92. The van der Waals surface area contributed by atoms with Crippen molar-refractivity contribution in [1.29, 1.82) is 0 Å². The van der Waals surface area contributed by atoms with Crippen LogP contribution in [0.25, 0.3) is 5.57 Å². The van der Waals surface area contributed by atoms with Gasteiger partial charge in [0.25, 0.3) is 0 Å². The van der Waals surface area contributed by atoms with E-state index in [1.165, 1.54) is 24.3 Å². The summed E-state index contributed by atoms with van der Waals surface area (Å²) in [4.78, 5) is 2.28. The number of rotatable bonds is 6. The summed E-state index contributed by atoms with van der Waals surface area (Å²) in [6.45, 7) is 2.11. The van der Waals surface area contributed by atoms with Gasteiger partial charge in [-0.3, -0.25) is 4.90 Å². The molecular weight excluding hydrogens is 403 g/mol. The first-order valence-corrected chi connectivity index (χ1v) is 11.0. The van der Waals surface area contributed by atoms with E-state index in [0.29, 0.717) is 44.0 Å². The summed E-state index contributed by atoms with van der Waals surface area (Å²) in [5.41, 5.74) is 0.346. The Morgan fingerprint density at radius 3 is 2.52 bits per heavy atom. The van der Waals surface area contributed by atoms with Crippen LogP contribution in [0.5, 0.6) is 5.75 Å². The summed E-state index contributed by atoms with van der Waals surface area (Å²) in [5, 5.41) is 0. The molecule has 0 saturated heterocycles. The molecular formula is C21H22F3NO3S. The van der Waals surface area contributed by atoms with Gasteiger partial charge >= 0.3 is 6.18 Å². The van der Waals surface area contributed by atoms with Crippen LogP contribution in [-0.2, 0) is 16.0 Å². The van der Waals surface area contributed by atoms with Gasteiger partial charge in [0.2, 0.25) is 0 Å². The Hall–Kier alpha value is -2.32. The van der Waals surface area contributed by atoms with Gasteiger partial charge in [-0.25, -0.2) is 8.42 Å². The van der Waals surface area contributed by atoms with Crippen LogP contribution in [0.1, 0.15) is 17.5 Å².